The third kappa shape index (κ3) is 6.40. The van der Waals surface area contributed by atoms with Gasteiger partial charge in [0.2, 0.25) is 5.91 Å². The average molecular weight is 495 g/mol. The molecule has 5 nitrogen and oxygen atoms in total. The number of benzene rings is 2. The Bertz CT molecular complexity index is 1100. The molecule has 1 saturated carbocycles. The molecule has 2 atom stereocenters. The van der Waals surface area contributed by atoms with Gasteiger partial charge in [0.05, 0.1) is 11.3 Å². The van der Waals surface area contributed by atoms with Crippen molar-refractivity contribution in [2.45, 2.75) is 37.8 Å². The SMILES string of the molecule is O=C(Nc1ccc(C(F)(F)F)cc1F)C1CCCC(c2ccc(-c3cnsc3)cc2)C1.O=CO. The molecule has 0 bridgehead atoms. The van der Waals surface area contributed by atoms with Gasteiger partial charge < -0.3 is 10.4 Å². The van der Waals surface area contributed by atoms with E-state index in [9.17, 15) is 22.4 Å². The molecule has 1 amide bonds. The van der Waals surface area contributed by atoms with E-state index in [1.165, 1.54) is 11.5 Å². The standard InChI is InChI=1S/C23H20F4N2OS.CH2O2/c24-20-11-19(23(25,26)27)8-9-21(20)29-22(30)17-3-1-2-16(10-17)14-4-6-15(7-5-14)18-12-28-31-13-18;2-1-3/h4-9,11-13,16-17H,1-3,10H2,(H,29,30);1H,(H,2,3). The minimum Gasteiger partial charge on any atom is -0.483 e. The molecule has 34 heavy (non-hydrogen) atoms. The highest BCUT2D eigenvalue weighted by atomic mass is 32.1. The Kier molecular flexibility index (Phi) is 8.38. The third-order valence-corrected chi connectivity index (χ3v) is 6.33. The smallest absolute Gasteiger partial charge is 0.416 e. The number of carbonyl (C=O) groups excluding carboxylic acids is 1. The first-order chi connectivity index (χ1) is 16.2. The molecule has 2 N–H and O–H groups in total. The molecule has 2 unspecified atom stereocenters. The van der Waals surface area contributed by atoms with Crippen molar-refractivity contribution in [1.29, 1.82) is 0 Å². The summed E-state index contributed by atoms with van der Waals surface area (Å²) in [6, 6.07) is 10.4. The predicted octanol–water partition coefficient (Wildman–Crippen LogP) is 6.58. The normalized spacial score (nSPS) is 17.9. The second-order valence-electron chi connectivity index (χ2n) is 7.88. The molecule has 0 spiro atoms. The third-order valence-electron chi connectivity index (χ3n) is 5.75. The van der Waals surface area contributed by atoms with E-state index in [1.807, 2.05) is 23.7 Å². The van der Waals surface area contributed by atoms with Crippen molar-refractivity contribution >= 4 is 29.6 Å². The lowest BCUT2D eigenvalue weighted by Crippen LogP contribution is -2.28. The summed E-state index contributed by atoms with van der Waals surface area (Å²) in [5.41, 5.74) is 1.98. The molecule has 1 aliphatic carbocycles. The van der Waals surface area contributed by atoms with Crippen LogP contribution in [-0.2, 0) is 15.8 Å². The Hall–Kier alpha value is -3.27. The molecule has 0 radical (unpaired) electrons. The number of carboxylic acid groups (broad SMARTS) is 1. The summed E-state index contributed by atoms with van der Waals surface area (Å²) in [5, 5.41) is 11.3. The number of anilines is 1. The van der Waals surface area contributed by atoms with Gasteiger partial charge in [0.15, 0.2) is 0 Å². The van der Waals surface area contributed by atoms with Crippen LogP contribution in [0.3, 0.4) is 0 Å². The van der Waals surface area contributed by atoms with Crippen molar-refractivity contribution in [1.82, 2.24) is 4.37 Å². The number of nitrogens with zero attached hydrogens (tertiary/aromatic N) is 1. The maximum atomic E-state index is 14.1. The molecule has 3 aromatic rings. The first kappa shape index (κ1) is 25.4. The zero-order chi connectivity index (χ0) is 24.7. The molecule has 0 aliphatic heterocycles. The number of nitrogens with one attached hydrogen (secondary N) is 1. The van der Waals surface area contributed by atoms with Crippen LogP contribution in [0, 0.1) is 11.7 Å². The first-order valence-corrected chi connectivity index (χ1v) is 11.3. The monoisotopic (exact) mass is 494 g/mol. The molecule has 1 aliphatic rings. The molecule has 1 heterocycles. The summed E-state index contributed by atoms with van der Waals surface area (Å²) in [6.45, 7) is -0.250. The number of halogens is 4. The average Bonchev–Trinajstić information content (AvgIpc) is 3.35. The van der Waals surface area contributed by atoms with E-state index in [4.69, 9.17) is 9.90 Å². The van der Waals surface area contributed by atoms with Crippen LogP contribution in [0.15, 0.2) is 54.0 Å². The van der Waals surface area contributed by atoms with Crippen LogP contribution in [0.5, 0.6) is 0 Å². The predicted molar refractivity (Wildman–Crippen MR) is 121 cm³/mol. The number of rotatable bonds is 4. The van der Waals surface area contributed by atoms with Gasteiger partial charge in [-0.3, -0.25) is 9.59 Å². The van der Waals surface area contributed by atoms with Crippen LogP contribution in [0.4, 0.5) is 23.2 Å². The summed E-state index contributed by atoms with van der Waals surface area (Å²) >= 11 is 1.40. The van der Waals surface area contributed by atoms with Gasteiger partial charge in [0.1, 0.15) is 5.82 Å². The lowest BCUT2D eigenvalue weighted by Gasteiger charge is -2.29. The van der Waals surface area contributed by atoms with E-state index in [0.29, 0.717) is 18.9 Å². The van der Waals surface area contributed by atoms with Crippen LogP contribution < -0.4 is 5.32 Å². The number of hydrogen-bond donors (Lipinski definition) is 2. The van der Waals surface area contributed by atoms with Gasteiger partial charge in [-0.25, -0.2) is 8.76 Å². The van der Waals surface area contributed by atoms with Gasteiger partial charge in [-0.2, -0.15) is 13.2 Å². The van der Waals surface area contributed by atoms with E-state index in [1.54, 1.807) is 0 Å². The van der Waals surface area contributed by atoms with Gasteiger partial charge in [-0.15, -0.1) is 0 Å². The lowest BCUT2D eigenvalue weighted by molar-refractivity contribution is -0.137. The van der Waals surface area contributed by atoms with Crippen LogP contribution >= 0.6 is 11.5 Å². The van der Waals surface area contributed by atoms with Gasteiger partial charge in [-0.05, 0) is 66.0 Å². The van der Waals surface area contributed by atoms with E-state index < -0.39 is 17.6 Å². The summed E-state index contributed by atoms with van der Waals surface area (Å²) in [5.74, 6) is -1.56. The molecule has 4 rings (SSSR count). The fourth-order valence-corrected chi connectivity index (χ4v) is 4.60. The molecule has 2 aromatic carbocycles. The number of hydrogen-bond acceptors (Lipinski definition) is 4. The molecular formula is C24H22F4N2O3S. The molecular weight excluding hydrogens is 472 g/mol. The van der Waals surface area contributed by atoms with Crippen molar-refractivity contribution < 1.29 is 32.3 Å². The van der Waals surface area contributed by atoms with Crippen molar-refractivity contribution in [3.63, 3.8) is 0 Å². The number of aromatic nitrogens is 1. The highest BCUT2D eigenvalue weighted by molar-refractivity contribution is 7.03. The Morgan fingerprint density at radius 3 is 2.41 bits per heavy atom. The second-order valence-corrected chi connectivity index (χ2v) is 8.54. The number of amides is 1. The Morgan fingerprint density at radius 2 is 1.82 bits per heavy atom. The van der Waals surface area contributed by atoms with Gasteiger partial charge >= 0.3 is 6.18 Å². The van der Waals surface area contributed by atoms with Crippen LogP contribution in [0.2, 0.25) is 0 Å². The largest absolute Gasteiger partial charge is 0.483 e. The van der Waals surface area contributed by atoms with Crippen LogP contribution in [0.25, 0.3) is 11.1 Å². The Labute approximate surface area is 197 Å². The maximum absolute atomic E-state index is 14.1. The fraction of sp³-hybridized carbons (Fsp3) is 0.292. The highest BCUT2D eigenvalue weighted by Crippen LogP contribution is 2.38. The van der Waals surface area contributed by atoms with Crippen LogP contribution in [-0.4, -0.2) is 21.9 Å². The maximum Gasteiger partial charge on any atom is 0.416 e. The van der Waals surface area contributed by atoms with E-state index in [2.05, 4.69) is 21.8 Å². The Balaban J connectivity index is 0.00000103. The summed E-state index contributed by atoms with van der Waals surface area (Å²) in [4.78, 5) is 21.0. The molecule has 0 saturated heterocycles. The summed E-state index contributed by atoms with van der Waals surface area (Å²) < 4.78 is 56.3. The lowest BCUT2D eigenvalue weighted by atomic mass is 9.77. The van der Waals surface area contributed by atoms with Crippen molar-refractivity contribution in [3.8, 4) is 11.1 Å². The van der Waals surface area contributed by atoms with E-state index in [-0.39, 0.29) is 29.9 Å². The van der Waals surface area contributed by atoms with E-state index in [0.717, 1.165) is 41.7 Å². The number of alkyl halides is 3. The van der Waals surface area contributed by atoms with Gasteiger partial charge in [0, 0.05) is 23.1 Å². The van der Waals surface area contributed by atoms with Crippen molar-refractivity contribution in [2.75, 3.05) is 5.32 Å². The number of carbonyl (C=O) groups is 2. The molecule has 1 aromatic heterocycles. The fourth-order valence-electron chi connectivity index (χ4n) is 4.05. The minimum atomic E-state index is -4.63. The molecule has 180 valence electrons. The molecule has 1 fully saturated rings. The zero-order valence-corrected chi connectivity index (χ0v) is 18.7. The van der Waals surface area contributed by atoms with Crippen molar-refractivity contribution in [2.24, 2.45) is 5.92 Å². The minimum absolute atomic E-state index is 0.205. The highest BCUT2D eigenvalue weighted by Gasteiger charge is 2.32. The second kappa shape index (κ2) is 11.2. The Morgan fingerprint density at radius 1 is 1.12 bits per heavy atom. The quantitative estimate of drug-likeness (QED) is 0.317. The zero-order valence-electron chi connectivity index (χ0n) is 17.9. The molecule has 10 heteroatoms. The van der Waals surface area contributed by atoms with Gasteiger partial charge in [0.25, 0.3) is 6.47 Å². The topological polar surface area (TPSA) is 79.3 Å². The summed E-state index contributed by atoms with van der Waals surface area (Å²) in [6.07, 6.45) is 0.291. The van der Waals surface area contributed by atoms with E-state index >= 15 is 0 Å². The van der Waals surface area contributed by atoms with Gasteiger partial charge in [-0.1, -0.05) is 30.7 Å². The van der Waals surface area contributed by atoms with Crippen molar-refractivity contribution in [3.05, 3.63) is 71.0 Å². The first-order valence-electron chi connectivity index (χ1n) is 10.5. The summed E-state index contributed by atoms with van der Waals surface area (Å²) in [7, 11) is 0. The van der Waals surface area contributed by atoms with Crippen LogP contribution in [0.1, 0.15) is 42.7 Å².